The molecular weight excluding hydrogens is 488 g/mol. The van der Waals surface area contributed by atoms with Gasteiger partial charge in [-0.3, -0.25) is 9.59 Å². The molecule has 228 valence electrons. The molecule has 2 atom stereocenters. The minimum atomic E-state index is -0.188. The van der Waals surface area contributed by atoms with Gasteiger partial charge in [-0.25, -0.2) is 0 Å². The third-order valence-electron chi connectivity index (χ3n) is 7.11. The van der Waals surface area contributed by atoms with E-state index in [1.165, 1.54) is 44.9 Å². The monoisotopic (exact) mass is 550 g/mol. The van der Waals surface area contributed by atoms with E-state index in [1.54, 1.807) is 0 Å². The summed E-state index contributed by atoms with van der Waals surface area (Å²) in [5.74, 6) is -0.238. The molecule has 0 fully saturated rings. The Morgan fingerprint density at radius 1 is 0.692 bits per heavy atom. The first-order valence-corrected chi connectivity index (χ1v) is 16.3. The first kappa shape index (κ1) is 37.4. The summed E-state index contributed by atoms with van der Waals surface area (Å²) in [4.78, 5) is 24.1. The molecule has 2 unspecified atom stereocenters. The summed E-state index contributed by atoms with van der Waals surface area (Å²) in [6, 6.07) is 0. The van der Waals surface area contributed by atoms with E-state index in [0.717, 1.165) is 89.9 Å². The lowest BCUT2D eigenvalue weighted by Crippen LogP contribution is -2.17. The van der Waals surface area contributed by atoms with Crippen LogP contribution in [0.1, 0.15) is 162 Å². The summed E-state index contributed by atoms with van der Waals surface area (Å²) in [6.07, 6.45) is 28.6. The number of unbranched alkanes of at least 4 members (excludes halogenated alkanes) is 13. The molecule has 1 N–H and O–H groups in total. The van der Waals surface area contributed by atoms with Crippen molar-refractivity contribution in [1.82, 2.24) is 0 Å². The summed E-state index contributed by atoms with van der Waals surface area (Å²) in [5.41, 5.74) is 0. The molecule has 0 aliphatic rings. The van der Waals surface area contributed by atoms with Gasteiger partial charge in [0.05, 0.1) is 12.7 Å². The topological polar surface area (TPSA) is 72.8 Å². The second-order valence-corrected chi connectivity index (χ2v) is 11.0. The van der Waals surface area contributed by atoms with Gasteiger partial charge in [0, 0.05) is 19.3 Å². The lowest BCUT2D eigenvalue weighted by Gasteiger charge is -2.16. The van der Waals surface area contributed by atoms with E-state index in [1.807, 2.05) is 6.08 Å². The van der Waals surface area contributed by atoms with Gasteiger partial charge >= 0.3 is 11.9 Å². The number of aliphatic hydroxyl groups is 1. The van der Waals surface area contributed by atoms with Gasteiger partial charge in [-0.05, 0) is 64.2 Å². The maximum Gasteiger partial charge on any atom is 0.306 e. The van der Waals surface area contributed by atoms with Gasteiger partial charge in [-0.2, -0.15) is 0 Å². The average molecular weight is 551 g/mol. The number of carbonyl (C=O) groups excluding carboxylic acids is 2. The van der Waals surface area contributed by atoms with Crippen LogP contribution in [0, 0.1) is 0 Å². The van der Waals surface area contributed by atoms with Crippen LogP contribution in [0.2, 0.25) is 0 Å². The van der Waals surface area contributed by atoms with E-state index in [2.05, 4.69) is 32.6 Å². The van der Waals surface area contributed by atoms with E-state index in [0.29, 0.717) is 19.4 Å². The molecule has 0 aliphatic heterocycles. The number of esters is 2. The third-order valence-corrected chi connectivity index (χ3v) is 7.11. The molecule has 0 radical (unpaired) electrons. The highest BCUT2D eigenvalue weighted by molar-refractivity contribution is 5.69. The van der Waals surface area contributed by atoms with Gasteiger partial charge in [0.25, 0.3) is 0 Å². The predicted octanol–water partition coefficient (Wildman–Crippen LogP) is 9.56. The second-order valence-electron chi connectivity index (χ2n) is 11.0. The summed E-state index contributed by atoms with van der Waals surface area (Å²) >= 11 is 0. The van der Waals surface area contributed by atoms with E-state index in [4.69, 9.17) is 9.47 Å². The average Bonchev–Trinajstić information content (AvgIpc) is 2.92. The molecule has 0 aliphatic carbocycles. The molecule has 0 bridgehead atoms. The van der Waals surface area contributed by atoms with Crippen molar-refractivity contribution >= 4 is 11.9 Å². The van der Waals surface area contributed by atoms with Crippen LogP contribution in [0.25, 0.3) is 0 Å². The largest absolute Gasteiger partial charge is 0.466 e. The minimum absolute atomic E-state index is 0.0423. The van der Waals surface area contributed by atoms with Gasteiger partial charge in [0.1, 0.15) is 6.10 Å². The normalized spacial score (nSPS) is 12.9. The van der Waals surface area contributed by atoms with Crippen LogP contribution >= 0.6 is 0 Å². The number of rotatable bonds is 29. The Kier molecular flexibility index (Phi) is 28.1. The smallest absolute Gasteiger partial charge is 0.306 e. The zero-order valence-electron chi connectivity index (χ0n) is 25.6. The summed E-state index contributed by atoms with van der Waals surface area (Å²) in [7, 11) is 0. The number of carbonyl (C=O) groups is 2. The molecular formula is C34H62O5. The van der Waals surface area contributed by atoms with Crippen molar-refractivity contribution in [3.8, 4) is 0 Å². The number of allylic oxidation sites excluding steroid dienone is 1. The Balaban J connectivity index is 3.57. The molecule has 0 aromatic rings. The van der Waals surface area contributed by atoms with E-state index < -0.39 is 0 Å². The fourth-order valence-electron chi connectivity index (χ4n) is 4.62. The molecule has 39 heavy (non-hydrogen) atoms. The van der Waals surface area contributed by atoms with Gasteiger partial charge < -0.3 is 14.6 Å². The maximum atomic E-state index is 12.1. The zero-order chi connectivity index (χ0) is 28.8. The Hall–Kier alpha value is -1.62. The lowest BCUT2D eigenvalue weighted by molar-refractivity contribution is -0.149. The third kappa shape index (κ3) is 27.7. The Morgan fingerprint density at radius 2 is 1.28 bits per heavy atom. The van der Waals surface area contributed by atoms with E-state index in [9.17, 15) is 14.7 Å². The van der Waals surface area contributed by atoms with Crippen LogP contribution in [0.3, 0.4) is 0 Å². The van der Waals surface area contributed by atoms with Gasteiger partial charge in [0.15, 0.2) is 0 Å². The van der Waals surface area contributed by atoms with Gasteiger partial charge in [0.2, 0.25) is 0 Å². The van der Waals surface area contributed by atoms with Crippen LogP contribution in [0.4, 0.5) is 0 Å². The molecule has 0 rings (SSSR count). The van der Waals surface area contributed by atoms with Crippen molar-refractivity contribution in [1.29, 1.82) is 0 Å². The van der Waals surface area contributed by atoms with Crippen LogP contribution < -0.4 is 0 Å². The van der Waals surface area contributed by atoms with Gasteiger partial charge in [-0.15, -0.1) is 6.58 Å². The molecule has 0 aromatic carbocycles. The van der Waals surface area contributed by atoms with Crippen molar-refractivity contribution in [2.75, 3.05) is 6.61 Å². The SMILES string of the molecule is C=CCC(CCCCCC)OC(=O)CCCCCOC(=O)CCCCCCC/C=C\CC(O)CCCCCC. The fourth-order valence-corrected chi connectivity index (χ4v) is 4.62. The second kappa shape index (κ2) is 29.4. The summed E-state index contributed by atoms with van der Waals surface area (Å²) in [6.45, 7) is 8.61. The summed E-state index contributed by atoms with van der Waals surface area (Å²) in [5, 5.41) is 9.97. The number of hydrogen-bond acceptors (Lipinski definition) is 5. The molecule has 0 aromatic heterocycles. The predicted molar refractivity (Wildman–Crippen MR) is 164 cm³/mol. The standard InChI is InChI=1S/C34H62O5/c1-4-7-9-18-25-31(35)26-19-15-13-11-12-14-16-21-28-33(36)38-30-23-17-22-29-34(37)39-32(24-6-3)27-20-10-8-5-2/h6,15,19,31-32,35H,3-5,7-14,16-18,20-30H2,1-2H3/b19-15-. The van der Waals surface area contributed by atoms with Crippen molar-refractivity contribution in [2.24, 2.45) is 0 Å². The molecule has 0 spiro atoms. The molecule has 0 saturated carbocycles. The van der Waals surface area contributed by atoms with Crippen molar-refractivity contribution in [3.63, 3.8) is 0 Å². The van der Waals surface area contributed by atoms with Crippen LogP contribution in [0.15, 0.2) is 24.8 Å². The molecule has 0 heterocycles. The molecule has 5 nitrogen and oxygen atoms in total. The number of ether oxygens (including phenoxy) is 2. The van der Waals surface area contributed by atoms with E-state index >= 15 is 0 Å². The first-order chi connectivity index (χ1) is 19.0. The lowest BCUT2D eigenvalue weighted by atomic mass is 10.1. The molecule has 0 saturated heterocycles. The van der Waals surface area contributed by atoms with E-state index in [-0.39, 0.29) is 24.1 Å². The first-order valence-electron chi connectivity index (χ1n) is 16.3. The Morgan fingerprint density at radius 3 is 1.97 bits per heavy atom. The fraction of sp³-hybridized carbons (Fsp3) is 0.824. The maximum absolute atomic E-state index is 12.1. The number of aliphatic hydroxyl groups excluding tert-OH is 1. The molecule has 0 amide bonds. The highest BCUT2D eigenvalue weighted by atomic mass is 16.5. The summed E-state index contributed by atoms with van der Waals surface area (Å²) < 4.78 is 11.0. The molecule has 5 heteroatoms. The van der Waals surface area contributed by atoms with Crippen molar-refractivity contribution < 1.29 is 24.2 Å². The van der Waals surface area contributed by atoms with Crippen LogP contribution in [-0.2, 0) is 19.1 Å². The van der Waals surface area contributed by atoms with Crippen molar-refractivity contribution in [3.05, 3.63) is 24.8 Å². The Labute approximate surface area is 241 Å². The van der Waals surface area contributed by atoms with Crippen LogP contribution in [-0.4, -0.2) is 35.9 Å². The number of hydrogen-bond donors (Lipinski definition) is 1. The highest BCUT2D eigenvalue weighted by Crippen LogP contribution is 2.14. The quantitative estimate of drug-likeness (QED) is 0.0570. The highest BCUT2D eigenvalue weighted by Gasteiger charge is 2.13. The van der Waals surface area contributed by atoms with Gasteiger partial charge in [-0.1, -0.05) is 96.3 Å². The van der Waals surface area contributed by atoms with Crippen molar-refractivity contribution in [2.45, 2.75) is 174 Å². The minimum Gasteiger partial charge on any atom is -0.466 e. The van der Waals surface area contributed by atoms with Crippen LogP contribution in [0.5, 0.6) is 0 Å². The zero-order valence-corrected chi connectivity index (χ0v) is 25.6. The Bertz CT molecular complexity index is 600.